The monoisotopic (exact) mass is 604 g/mol. The molecule has 0 aliphatic carbocycles. The molecule has 0 aliphatic heterocycles. The van der Waals surface area contributed by atoms with Crippen LogP contribution in [0.15, 0.2) is 54.9 Å². The average Bonchev–Trinajstić information content (AvgIpc) is 3.36. The molecule has 3 N–H and O–H groups in total. The zero-order valence-electron chi connectivity index (χ0n) is 23.3. The molecule has 0 radical (unpaired) electrons. The summed E-state index contributed by atoms with van der Waals surface area (Å²) in [5.74, 6) is 0.311. The topological polar surface area (TPSA) is 110 Å². The van der Waals surface area contributed by atoms with E-state index in [-0.39, 0.29) is 35.6 Å². The van der Waals surface area contributed by atoms with Crippen LogP contribution in [0.25, 0.3) is 22.0 Å². The van der Waals surface area contributed by atoms with Crippen molar-refractivity contribution in [3.05, 3.63) is 76.7 Å². The molecule has 0 fully saturated rings. The number of amides is 1. The summed E-state index contributed by atoms with van der Waals surface area (Å²) in [6.07, 6.45) is -2.02. The van der Waals surface area contributed by atoms with Gasteiger partial charge in [-0.3, -0.25) is 14.5 Å². The number of aliphatic hydroxyl groups is 2. The second kappa shape index (κ2) is 13.1. The van der Waals surface area contributed by atoms with E-state index in [4.69, 9.17) is 26.6 Å². The van der Waals surface area contributed by atoms with Gasteiger partial charge in [-0.1, -0.05) is 37.6 Å². The number of fused-ring (bicyclic) bond motifs is 1. The molecule has 0 spiro atoms. The van der Waals surface area contributed by atoms with Gasteiger partial charge in [0.05, 0.1) is 35.3 Å². The van der Waals surface area contributed by atoms with Gasteiger partial charge < -0.3 is 20.3 Å². The second-order valence-electron chi connectivity index (χ2n) is 10.2. The van der Waals surface area contributed by atoms with Crippen LogP contribution < -0.4 is 10.1 Å². The van der Waals surface area contributed by atoms with Gasteiger partial charge in [-0.05, 0) is 55.2 Å². The van der Waals surface area contributed by atoms with Crippen LogP contribution in [-0.2, 0) is 6.18 Å². The molecule has 4 rings (SSSR count). The second-order valence-corrected chi connectivity index (χ2v) is 10.6. The maximum Gasteiger partial charge on any atom is 0.416 e. The molecule has 1 unspecified atom stereocenters. The van der Waals surface area contributed by atoms with Crippen LogP contribution in [0.3, 0.4) is 0 Å². The molecule has 4 aromatic rings. The lowest BCUT2D eigenvalue weighted by Crippen LogP contribution is -2.27. The largest absolute Gasteiger partial charge is 0.492 e. The van der Waals surface area contributed by atoms with Crippen LogP contribution in [0.1, 0.15) is 61.3 Å². The molecule has 1 atom stereocenters. The molecule has 42 heavy (non-hydrogen) atoms. The molecule has 1 amide bonds. The Hall–Kier alpha value is -3.67. The van der Waals surface area contributed by atoms with Crippen molar-refractivity contribution in [2.75, 3.05) is 13.2 Å². The summed E-state index contributed by atoms with van der Waals surface area (Å²) in [7, 11) is 0. The molecule has 2 aromatic carbocycles. The fourth-order valence-corrected chi connectivity index (χ4v) is 5.01. The van der Waals surface area contributed by atoms with E-state index in [9.17, 15) is 18.0 Å². The Labute approximate surface area is 246 Å². The molecule has 0 bridgehead atoms. The number of carbonyl (C=O) groups excluding carboxylic acids is 1. The van der Waals surface area contributed by atoms with E-state index >= 15 is 0 Å². The summed E-state index contributed by atoms with van der Waals surface area (Å²) in [6, 6.07) is 10.0. The van der Waals surface area contributed by atoms with E-state index in [0.29, 0.717) is 35.3 Å². The Morgan fingerprint density at radius 1 is 1.10 bits per heavy atom. The van der Waals surface area contributed by atoms with Crippen molar-refractivity contribution in [1.82, 2.24) is 20.1 Å². The number of aliphatic hydroxyl groups excluding tert-OH is 1. The Bertz CT molecular complexity index is 1540. The van der Waals surface area contributed by atoms with E-state index in [1.165, 1.54) is 6.07 Å². The first-order chi connectivity index (χ1) is 19.9. The van der Waals surface area contributed by atoms with Crippen molar-refractivity contribution in [2.24, 2.45) is 5.92 Å². The van der Waals surface area contributed by atoms with Crippen molar-refractivity contribution in [2.45, 2.75) is 52.1 Å². The van der Waals surface area contributed by atoms with Gasteiger partial charge in [0.2, 0.25) is 0 Å². The minimum atomic E-state index is -4.51. The molecule has 224 valence electrons. The SMILES string of the molecule is CCOc1c(-c2ccc(C(F)(F)F)cc2Cl)ccc2c1cnn2C(CC(C)C)c1ccc(C(=O)NCCC(O)O)nc1. The van der Waals surface area contributed by atoms with Crippen LogP contribution >= 0.6 is 11.6 Å². The number of nitrogens with zero attached hydrogens (tertiary/aromatic N) is 3. The lowest BCUT2D eigenvalue weighted by molar-refractivity contribution is -0.137. The number of hydrogen-bond donors (Lipinski definition) is 3. The molecule has 12 heteroatoms. The third-order valence-corrected chi connectivity index (χ3v) is 7.00. The lowest BCUT2D eigenvalue weighted by Gasteiger charge is -2.22. The van der Waals surface area contributed by atoms with E-state index in [1.807, 2.05) is 23.7 Å². The summed E-state index contributed by atoms with van der Waals surface area (Å²) in [4.78, 5) is 16.7. The molecule has 2 heterocycles. The third kappa shape index (κ3) is 7.03. The van der Waals surface area contributed by atoms with Gasteiger partial charge >= 0.3 is 6.18 Å². The Balaban J connectivity index is 1.72. The van der Waals surface area contributed by atoms with E-state index in [0.717, 1.165) is 23.2 Å². The van der Waals surface area contributed by atoms with Crippen molar-refractivity contribution in [3.8, 4) is 16.9 Å². The molecule has 8 nitrogen and oxygen atoms in total. The minimum Gasteiger partial charge on any atom is -0.492 e. The average molecular weight is 605 g/mol. The zero-order valence-corrected chi connectivity index (χ0v) is 24.1. The minimum absolute atomic E-state index is 0.00315. The Morgan fingerprint density at radius 3 is 2.43 bits per heavy atom. The third-order valence-electron chi connectivity index (χ3n) is 6.69. The van der Waals surface area contributed by atoms with Gasteiger partial charge in [0.1, 0.15) is 11.4 Å². The standard InChI is InChI=1S/C30H32ClF3N4O4/c1-4-42-28-21(20-7-6-19(14-23(20)31)30(32,33)34)8-10-25-22(28)16-37-38(25)26(13-17(2)3)18-5-9-24(36-15-18)29(41)35-12-11-27(39)40/h5-10,14-17,26-27,39-40H,4,11-13H2,1-3H3,(H,35,41). The smallest absolute Gasteiger partial charge is 0.416 e. The number of ether oxygens (including phenoxy) is 1. The molecule has 0 saturated heterocycles. The lowest BCUT2D eigenvalue weighted by atomic mass is 9.97. The normalized spacial score (nSPS) is 12.7. The first kappa shape index (κ1) is 31.3. The summed E-state index contributed by atoms with van der Waals surface area (Å²) in [5.41, 5.74) is 1.89. The maximum absolute atomic E-state index is 13.2. The first-order valence-corrected chi connectivity index (χ1v) is 13.9. The van der Waals surface area contributed by atoms with Crippen molar-refractivity contribution in [3.63, 3.8) is 0 Å². The van der Waals surface area contributed by atoms with Crippen molar-refractivity contribution >= 4 is 28.4 Å². The number of halogens is 4. The molecule has 2 aromatic heterocycles. The molecule has 0 aliphatic rings. The Morgan fingerprint density at radius 2 is 1.83 bits per heavy atom. The predicted octanol–water partition coefficient (Wildman–Crippen LogP) is 6.24. The van der Waals surface area contributed by atoms with Crippen LogP contribution in [0.4, 0.5) is 13.2 Å². The highest BCUT2D eigenvalue weighted by Gasteiger charge is 2.31. The van der Waals surface area contributed by atoms with Crippen molar-refractivity contribution < 1.29 is 32.9 Å². The van der Waals surface area contributed by atoms with Gasteiger partial charge in [-0.2, -0.15) is 18.3 Å². The summed E-state index contributed by atoms with van der Waals surface area (Å²) in [6.45, 7) is 6.39. The first-order valence-electron chi connectivity index (χ1n) is 13.5. The molecular formula is C30H32ClF3N4O4. The van der Waals surface area contributed by atoms with E-state index in [1.54, 1.807) is 24.5 Å². The van der Waals surface area contributed by atoms with E-state index in [2.05, 4.69) is 29.2 Å². The zero-order chi connectivity index (χ0) is 30.6. The summed E-state index contributed by atoms with van der Waals surface area (Å²) in [5, 5.41) is 25.9. The molecule has 0 saturated carbocycles. The van der Waals surface area contributed by atoms with Gasteiger partial charge in [0, 0.05) is 35.3 Å². The van der Waals surface area contributed by atoms with Crippen LogP contribution in [0.2, 0.25) is 5.02 Å². The highest BCUT2D eigenvalue weighted by Crippen LogP contribution is 2.43. The number of alkyl halides is 3. The van der Waals surface area contributed by atoms with Gasteiger partial charge in [0.25, 0.3) is 5.91 Å². The van der Waals surface area contributed by atoms with E-state index < -0.39 is 23.9 Å². The number of aromatic nitrogens is 3. The van der Waals surface area contributed by atoms with Gasteiger partial charge in [-0.25, -0.2) is 0 Å². The summed E-state index contributed by atoms with van der Waals surface area (Å²) >= 11 is 6.33. The van der Waals surface area contributed by atoms with Crippen molar-refractivity contribution in [1.29, 1.82) is 0 Å². The van der Waals surface area contributed by atoms with Crippen LogP contribution in [0, 0.1) is 5.92 Å². The maximum atomic E-state index is 13.2. The fraction of sp³-hybridized carbons (Fsp3) is 0.367. The highest BCUT2D eigenvalue weighted by molar-refractivity contribution is 6.33. The number of hydrogen-bond acceptors (Lipinski definition) is 6. The van der Waals surface area contributed by atoms with Gasteiger partial charge in [-0.15, -0.1) is 0 Å². The van der Waals surface area contributed by atoms with Gasteiger partial charge in [0.15, 0.2) is 6.29 Å². The summed E-state index contributed by atoms with van der Waals surface area (Å²) < 4.78 is 47.5. The number of nitrogens with one attached hydrogen (secondary N) is 1. The fourth-order valence-electron chi connectivity index (χ4n) is 4.73. The Kier molecular flexibility index (Phi) is 9.75. The van der Waals surface area contributed by atoms with Crippen LogP contribution in [0.5, 0.6) is 5.75 Å². The van der Waals surface area contributed by atoms with Crippen LogP contribution in [-0.4, -0.2) is 50.3 Å². The molecular weight excluding hydrogens is 573 g/mol. The predicted molar refractivity (Wildman–Crippen MR) is 153 cm³/mol. The quantitative estimate of drug-likeness (QED) is 0.175. The number of pyridine rings is 1. The highest BCUT2D eigenvalue weighted by atomic mass is 35.5. The number of rotatable bonds is 11. The number of benzene rings is 2. The number of carbonyl (C=O) groups is 1.